The first-order valence-electron chi connectivity index (χ1n) is 6.76. The van der Waals surface area contributed by atoms with Crippen LogP contribution in [0.2, 0.25) is 0 Å². The lowest BCUT2D eigenvalue weighted by molar-refractivity contribution is 0.316. The number of benzene rings is 2. The predicted molar refractivity (Wildman–Crippen MR) is 91.8 cm³/mol. The van der Waals surface area contributed by atoms with Gasteiger partial charge in [0.1, 0.15) is 11.5 Å². The van der Waals surface area contributed by atoms with E-state index in [1.807, 2.05) is 24.3 Å². The van der Waals surface area contributed by atoms with Gasteiger partial charge in [-0.3, -0.25) is 0 Å². The van der Waals surface area contributed by atoms with Crippen LogP contribution in [0.3, 0.4) is 0 Å². The maximum Gasteiger partial charge on any atom is 0.127 e. The Morgan fingerprint density at radius 3 is 1.55 bits per heavy atom. The molecule has 0 aromatic heterocycles. The molecule has 108 valence electrons. The van der Waals surface area contributed by atoms with Crippen molar-refractivity contribution in [3.05, 3.63) is 36.4 Å². The zero-order chi connectivity index (χ0) is 14.2. The molecule has 2 aromatic carbocycles. The molecule has 0 N–H and O–H groups in total. The fourth-order valence-electron chi connectivity index (χ4n) is 1.97. The first kappa shape index (κ1) is 15.6. The van der Waals surface area contributed by atoms with Crippen molar-refractivity contribution in [1.82, 2.24) is 0 Å². The Morgan fingerprint density at radius 1 is 0.700 bits per heavy atom. The Balaban J connectivity index is 2.22. The highest BCUT2D eigenvalue weighted by Crippen LogP contribution is 2.33. The Morgan fingerprint density at radius 2 is 1.15 bits per heavy atom. The molecule has 0 saturated carbocycles. The molecule has 20 heavy (non-hydrogen) atoms. The molecule has 0 amide bonds. The minimum Gasteiger partial charge on any atom is -0.493 e. The molecule has 0 bridgehead atoms. The van der Waals surface area contributed by atoms with Gasteiger partial charge in [-0.25, -0.2) is 0 Å². The topological polar surface area (TPSA) is 18.5 Å². The van der Waals surface area contributed by atoms with Gasteiger partial charge in [0, 0.05) is 21.4 Å². The number of rotatable bonds is 8. The second-order valence-electron chi connectivity index (χ2n) is 4.39. The quantitative estimate of drug-likeness (QED) is 0.448. The summed E-state index contributed by atoms with van der Waals surface area (Å²) in [4.78, 5) is 0. The average molecular weight is 402 g/mol. The van der Waals surface area contributed by atoms with Crippen molar-refractivity contribution in [2.75, 3.05) is 23.9 Å². The van der Waals surface area contributed by atoms with Crippen LogP contribution in [-0.4, -0.2) is 23.9 Å². The van der Waals surface area contributed by atoms with E-state index in [-0.39, 0.29) is 0 Å². The summed E-state index contributed by atoms with van der Waals surface area (Å²) < 4.78 is 11.7. The molecule has 0 saturated heterocycles. The molecule has 0 radical (unpaired) electrons. The Bertz CT molecular complexity index is 494. The van der Waals surface area contributed by atoms with Crippen LogP contribution in [0.4, 0.5) is 0 Å². The SMILES string of the molecule is BrCCCOc1ccc(OCCCBr)c2ccccc12. The van der Waals surface area contributed by atoms with Crippen molar-refractivity contribution in [3.63, 3.8) is 0 Å². The van der Waals surface area contributed by atoms with Crippen molar-refractivity contribution >= 4 is 42.6 Å². The number of hydrogen-bond acceptors (Lipinski definition) is 2. The zero-order valence-electron chi connectivity index (χ0n) is 11.3. The van der Waals surface area contributed by atoms with Gasteiger partial charge in [0.25, 0.3) is 0 Å². The summed E-state index contributed by atoms with van der Waals surface area (Å²) in [5, 5.41) is 4.13. The third kappa shape index (κ3) is 4.13. The summed E-state index contributed by atoms with van der Waals surface area (Å²) in [7, 11) is 0. The maximum atomic E-state index is 5.85. The lowest BCUT2D eigenvalue weighted by Gasteiger charge is -2.13. The highest BCUT2D eigenvalue weighted by atomic mass is 79.9. The Labute approximate surface area is 136 Å². The zero-order valence-corrected chi connectivity index (χ0v) is 14.5. The molecule has 0 aliphatic heterocycles. The standard InChI is InChI=1S/C16H18Br2O2/c17-9-3-11-19-15-7-8-16(20-12-4-10-18)14-6-2-1-5-13(14)15/h1-2,5-8H,3-4,9-12H2. The number of alkyl halides is 2. The maximum absolute atomic E-state index is 5.85. The van der Waals surface area contributed by atoms with Crippen LogP contribution in [-0.2, 0) is 0 Å². The molecule has 0 fully saturated rings. The smallest absolute Gasteiger partial charge is 0.127 e. The van der Waals surface area contributed by atoms with Crippen LogP contribution < -0.4 is 9.47 Å². The largest absolute Gasteiger partial charge is 0.493 e. The fraction of sp³-hybridized carbons (Fsp3) is 0.375. The van der Waals surface area contributed by atoms with E-state index >= 15 is 0 Å². The highest BCUT2D eigenvalue weighted by molar-refractivity contribution is 9.09. The van der Waals surface area contributed by atoms with Crippen molar-refractivity contribution in [2.45, 2.75) is 12.8 Å². The number of fused-ring (bicyclic) bond motifs is 1. The van der Waals surface area contributed by atoms with E-state index in [2.05, 4.69) is 44.0 Å². The van der Waals surface area contributed by atoms with E-state index in [1.165, 1.54) is 0 Å². The van der Waals surface area contributed by atoms with Gasteiger partial charge >= 0.3 is 0 Å². The van der Waals surface area contributed by atoms with Gasteiger partial charge in [-0.1, -0.05) is 56.1 Å². The predicted octanol–water partition coefficient (Wildman–Crippen LogP) is 5.17. The van der Waals surface area contributed by atoms with Crippen molar-refractivity contribution in [1.29, 1.82) is 0 Å². The van der Waals surface area contributed by atoms with E-state index < -0.39 is 0 Å². The number of hydrogen-bond donors (Lipinski definition) is 0. The van der Waals surface area contributed by atoms with Crippen LogP contribution in [0.5, 0.6) is 11.5 Å². The normalized spacial score (nSPS) is 10.7. The van der Waals surface area contributed by atoms with Crippen LogP contribution in [0, 0.1) is 0 Å². The summed E-state index contributed by atoms with van der Waals surface area (Å²) >= 11 is 6.83. The summed E-state index contributed by atoms with van der Waals surface area (Å²) in [5.74, 6) is 1.85. The van der Waals surface area contributed by atoms with E-state index in [4.69, 9.17) is 9.47 Å². The summed E-state index contributed by atoms with van der Waals surface area (Å²) in [6.45, 7) is 1.44. The Hall–Kier alpha value is -0.740. The van der Waals surface area contributed by atoms with Crippen LogP contribution in [0.1, 0.15) is 12.8 Å². The third-order valence-electron chi connectivity index (χ3n) is 2.92. The molecule has 0 spiro atoms. The molecule has 2 aromatic rings. The first-order valence-corrected chi connectivity index (χ1v) is 9.00. The molecule has 0 atom stereocenters. The van der Waals surface area contributed by atoms with Gasteiger partial charge in [-0.15, -0.1) is 0 Å². The first-order chi connectivity index (χ1) is 9.86. The van der Waals surface area contributed by atoms with Crippen molar-refractivity contribution < 1.29 is 9.47 Å². The highest BCUT2D eigenvalue weighted by Gasteiger charge is 2.07. The van der Waals surface area contributed by atoms with Gasteiger partial charge in [0.2, 0.25) is 0 Å². The van der Waals surface area contributed by atoms with E-state index in [0.29, 0.717) is 0 Å². The van der Waals surface area contributed by atoms with Gasteiger partial charge in [-0.05, 0) is 25.0 Å². The molecule has 0 heterocycles. The van der Waals surface area contributed by atoms with E-state index in [9.17, 15) is 0 Å². The van der Waals surface area contributed by atoms with Gasteiger partial charge in [0.05, 0.1) is 13.2 Å². The van der Waals surface area contributed by atoms with Crippen molar-refractivity contribution in [2.24, 2.45) is 0 Å². The number of halogens is 2. The summed E-state index contributed by atoms with van der Waals surface area (Å²) in [5.41, 5.74) is 0. The lowest BCUT2D eigenvalue weighted by atomic mass is 10.1. The van der Waals surface area contributed by atoms with Crippen LogP contribution in [0.25, 0.3) is 10.8 Å². The third-order valence-corrected chi connectivity index (χ3v) is 4.04. The average Bonchev–Trinajstić information content (AvgIpc) is 2.49. The Kier molecular flexibility index (Phi) is 6.67. The van der Waals surface area contributed by atoms with Gasteiger partial charge < -0.3 is 9.47 Å². The molecule has 0 unspecified atom stereocenters. The second kappa shape index (κ2) is 8.53. The van der Waals surface area contributed by atoms with E-state index in [0.717, 1.165) is 59.0 Å². The molecule has 2 rings (SSSR count). The number of ether oxygens (including phenoxy) is 2. The lowest BCUT2D eigenvalue weighted by Crippen LogP contribution is -2.01. The van der Waals surface area contributed by atoms with Gasteiger partial charge in [-0.2, -0.15) is 0 Å². The van der Waals surface area contributed by atoms with Gasteiger partial charge in [0.15, 0.2) is 0 Å². The summed E-state index contributed by atoms with van der Waals surface area (Å²) in [6.07, 6.45) is 2.00. The van der Waals surface area contributed by atoms with Crippen LogP contribution >= 0.6 is 31.9 Å². The monoisotopic (exact) mass is 400 g/mol. The second-order valence-corrected chi connectivity index (χ2v) is 5.98. The minimum atomic E-state index is 0.721. The van der Waals surface area contributed by atoms with E-state index in [1.54, 1.807) is 0 Å². The molecular formula is C16H18Br2O2. The summed E-state index contributed by atoms with van der Waals surface area (Å²) in [6, 6.07) is 12.2. The molecule has 0 aliphatic carbocycles. The molecule has 4 heteroatoms. The molecule has 0 aliphatic rings. The minimum absolute atomic E-state index is 0.721. The molecule has 2 nitrogen and oxygen atoms in total. The van der Waals surface area contributed by atoms with Crippen LogP contribution in [0.15, 0.2) is 36.4 Å². The molecular weight excluding hydrogens is 384 g/mol. The fourth-order valence-corrected chi connectivity index (χ4v) is 2.43. The van der Waals surface area contributed by atoms with Crippen molar-refractivity contribution in [3.8, 4) is 11.5 Å².